The lowest BCUT2D eigenvalue weighted by Gasteiger charge is -2.12. The maximum Gasteiger partial charge on any atom is 0.109 e. The Morgan fingerprint density at radius 1 is 1.47 bits per heavy atom. The molecule has 1 unspecified atom stereocenters. The van der Waals surface area contributed by atoms with Crippen molar-refractivity contribution in [2.24, 2.45) is 0 Å². The number of nitrogens with zero attached hydrogens (tertiary/aromatic N) is 2. The van der Waals surface area contributed by atoms with Gasteiger partial charge in [0.1, 0.15) is 5.82 Å². The van der Waals surface area contributed by atoms with Gasteiger partial charge in [0.25, 0.3) is 0 Å². The van der Waals surface area contributed by atoms with Gasteiger partial charge in [-0.25, -0.2) is 4.98 Å². The summed E-state index contributed by atoms with van der Waals surface area (Å²) in [6, 6.07) is 5.97. The largest absolute Gasteiger partial charge is 0.399 e. The normalized spacial score (nSPS) is 13.1. The van der Waals surface area contributed by atoms with Gasteiger partial charge in [0, 0.05) is 23.9 Å². The van der Waals surface area contributed by atoms with Gasteiger partial charge in [-0.2, -0.15) is 11.8 Å². The third-order valence-corrected chi connectivity index (χ3v) is 3.96. The molecule has 4 heteroatoms. The maximum absolute atomic E-state index is 5.80. The van der Waals surface area contributed by atoms with Crippen LogP contribution in [0.4, 0.5) is 5.69 Å². The summed E-state index contributed by atoms with van der Waals surface area (Å²) in [4.78, 5) is 4.65. The zero-order valence-corrected chi connectivity index (χ0v) is 11.4. The molecule has 2 N–H and O–H groups in total. The molecule has 0 radical (unpaired) electrons. The number of fused-ring (bicyclic) bond motifs is 1. The van der Waals surface area contributed by atoms with E-state index in [9.17, 15) is 0 Å². The minimum atomic E-state index is 0.593. The molecule has 1 atom stereocenters. The standard InChI is InChI=1S/C13H19N3S/c1-4-13-15-11-7-10(14)5-6-12(11)16(13)8-9(2)17-3/h5-7,9H,4,8,14H2,1-3H3. The first-order valence-electron chi connectivity index (χ1n) is 5.93. The van der Waals surface area contributed by atoms with E-state index in [0.29, 0.717) is 5.25 Å². The van der Waals surface area contributed by atoms with Crippen molar-refractivity contribution in [1.29, 1.82) is 0 Å². The first-order valence-corrected chi connectivity index (χ1v) is 7.22. The van der Waals surface area contributed by atoms with E-state index in [1.165, 1.54) is 5.52 Å². The molecule has 17 heavy (non-hydrogen) atoms. The Hall–Kier alpha value is -1.16. The van der Waals surface area contributed by atoms with E-state index < -0.39 is 0 Å². The second-order valence-corrected chi connectivity index (χ2v) is 5.56. The molecular weight excluding hydrogens is 230 g/mol. The Balaban J connectivity index is 2.50. The van der Waals surface area contributed by atoms with Gasteiger partial charge in [0.2, 0.25) is 0 Å². The number of imidazole rings is 1. The van der Waals surface area contributed by atoms with Crippen LogP contribution >= 0.6 is 11.8 Å². The van der Waals surface area contributed by atoms with Crippen molar-refractivity contribution in [2.75, 3.05) is 12.0 Å². The summed E-state index contributed by atoms with van der Waals surface area (Å²) in [5.74, 6) is 1.14. The number of nitrogens with two attached hydrogens (primary N) is 1. The van der Waals surface area contributed by atoms with Crippen LogP contribution in [0.2, 0.25) is 0 Å². The summed E-state index contributed by atoms with van der Waals surface area (Å²) in [7, 11) is 0. The van der Waals surface area contributed by atoms with Gasteiger partial charge in [0.05, 0.1) is 11.0 Å². The molecule has 3 nitrogen and oxygen atoms in total. The molecule has 0 spiro atoms. The van der Waals surface area contributed by atoms with Gasteiger partial charge >= 0.3 is 0 Å². The first-order chi connectivity index (χ1) is 8.15. The summed E-state index contributed by atoms with van der Waals surface area (Å²) in [5.41, 5.74) is 8.78. The zero-order valence-electron chi connectivity index (χ0n) is 10.6. The molecular formula is C13H19N3S. The average Bonchev–Trinajstić information content (AvgIpc) is 2.66. The number of rotatable bonds is 4. The van der Waals surface area contributed by atoms with E-state index in [-0.39, 0.29) is 0 Å². The van der Waals surface area contributed by atoms with E-state index in [4.69, 9.17) is 5.73 Å². The lowest BCUT2D eigenvalue weighted by Crippen LogP contribution is -2.11. The SMILES string of the molecule is CCc1nc2cc(N)ccc2n1CC(C)SC. The molecule has 0 amide bonds. The minimum Gasteiger partial charge on any atom is -0.399 e. The van der Waals surface area contributed by atoms with Crippen LogP contribution in [0, 0.1) is 0 Å². The van der Waals surface area contributed by atoms with Crippen LogP contribution in [-0.2, 0) is 13.0 Å². The van der Waals surface area contributed by atoms with Crippen LogP contribution in [0.3, 0.4) is 0 Å². The number of hydrogen-bond acceptors (Lipinski definition) is 3. The van der Waals surface area contributed by atoms with E-state index >= 15 is 0 Å². The zero-order chi connectivity index (χ0) is 12.4. The highest BCUT2D eigenvalue weighted by Gasteiger charge is 2.11. The fourth-order valence-electron chi connectivity index (χ4n) is 2.00. The van der Waals surface area contributed by atoms with Crippen LogP contribution in [0.5, 0.6) is 0 Å². The number of nitrogen functional groups attached to an aromatic ring is 1. The number of aromatic nitrogens is 2. The molecule has 0 aliphatic rings. The number of aryl methyl sites for hydroxylation is 1. The summed E-state index contributed by atoms with van der Waals surface area (Å²) < 4.78 is 2.32. The summed E-state index contributed by atoms with van der Waals surface area (Å²) >= 11 is 1.88. The van der Waals surface area contributed by atoms with Crippen LogP contribution in [0.25, 0.3) is 11.0 Å². The molecule has 0 saturated heterocycles. The van der Waals surface area contributed by atoms with Gasteiger partial charge in [-0.15, -0.1) is 0 Å². The second kappa shape index (κ2) is 5.00. The highest BCUT2D eigenvalue weighted by Crippen LogP contribution is 2.21. The monoisotopic (exact) mass is 249 g/mol. The molecule has 0 aliphatic heterocycles. The van der Waals surface area contributed by atoms with Crippen molar-refractivity contribution in [1.82, 2.24) is 9.55 Å². The molecule has 2 rings (SSSR count). The van der Waals surface area contributed by atoms with Gasteiger partial charge < -0.3 is 10.3 Å². The van der Waals surface area contributed by atoms with Gasteiger partial charge in [-0.3, -0.25) is 0 Å². The molecule has 2 aromatic rings. The Morgan fingerprint density at radius 3 is 2.88 bits per heavy atom. The van der Waals surface area contributed by atoms with Crippen LogP contribution in [-0.4, -0.2) is 21.1 Å². The quantitative estimate of drug-likeness (QED) is 0.847. The molecule has 92 valence electrons. The Kier molecular flexibility index (Phi) is 3.62. The fourth-order valence-corrected chi connectivity index (χ4v) is 2.30. The van der Waals surface area contributed by atoms with Gasteiger partial charge in [-0.05, 0) is 24.5 Å². The highest BCUT2D eigenvalue weighted by molar-refractivity contribution is 7.99. The third-order valence-electron chi connectivity index (χ3n) is 3.01. The van der Waals surface area contributed by atoms with Crippen LogP contribution in [0.15, 0.2) is 18.2 Å². The van der Waals surface area contributed by atoms with Crippen LogP contribution < -0.4 is 5.73 Å². The topological polar surface area (TPSA) is 43.8 Å². The summed E-state index contributed by atoms with van der Waals surface area (Å²) in [6.07, 6.45) is 3.10. The Morgan fingerprint density at radius 2 is 2.24 bits per heavy atom. The summed E-state index contributed by atoms with van der Waals surface area (Å²) in [5, 5.41) is 0.593. The van der Waals surface area contributed by atoms with Crippen molar-refractivity contribution in [3.63, 3.8) is 0 Å². The molecule has 1 aromatic heterocycles. The molecule has 0 saturated carbocycles. The summed E-state index contributed by atoms with van der Waals surface area (Å²) in [6.45, 7) is 5.39. The molecule has 1 aromatic carbocycles. The Bertz CT molecular complexity index is 519. The number of thioether (sulfide) groups is 1. The fraction of sp³-hybridized carbons (Fsp3) is 0.462. The average molecular weight is 249 g/mol. The second-order valence-electron chi connectivity index (χ2n) is 4.29. The van der Waals surface area contributed by atoms with E-state index in [2.05, 4.69) is 35.7 Å². The van der Waals surface area contributed by atoms with Gasteiger partial charge in [-0.1, -0.05) is 13.8 Å². The molecule has 0 aliphatic carbocycles. The minimum absolute atomic E-state index is 0.593. The lowest BCUT2D eigenvalue weighted by atomic mass is 10.3. The van der Waals surface area contributed by atoms with Crippen molar-refractivity contribution < 1.29 is 0 Å². The molecule has 0 bridgehead atoms. The predicted molar refractivity (Wildman–Crippen MR) is 76.5 cm³/mol. The van der Waals surface area contributed by atoms with E-state index in [0.717, 1.165) is 30.0 Å². The lowest BCUT2D eigenvalue weighted by molar-refractivity contribution is 0.671. The van der Waals surface area contributed by atoms with Gasteiger partial charge in [0.15, 0.2) is 0 Å². The van der Waals surface area contributed by atoms with Crippen LogP contribution in [0.1, 0.15) is 19.7 Å². The molecule has 0 fully saturated rings. The van der Waals surface area contributed by atoms with Crippen molar-refractivity contribution in [2.45, 2.75) is 32.1 Å². The number of benzene rings is 1. The Labute approximate surface area is 106 Å². The van der Waals surface area contributed by atoms with E-state index in [1.54, 1.807) is 0 Å². The number of hydrogen-bond donors (Lipinski definition) is 1. The smallest absolute Gasteiger partial charge is 0.109 e. The maximum atomic E-state index is 5.80. The van der Waals surface area contributed by atoms with Crippen molar-refractivity contribution in [3.8, 4) is 0 Å². The van der Waals surface area contributed by atoms with Crippen molar-refractivity contribution in [3.05, 3.63) is 24.0 Å². The first kappa shape index (κ1) is 12.3. The van der Waals surface area contributed by atoms with Crippen molar-refractivity contribution >= 4 is 28.5 Å². The highest BCUT2D eigenvalue weighted by atomic mass is 32.2. The molecule has 1 heterocycles. The number of anilines is 1. The predicted octanol–water partition coefficient (Wildman–Crippen LogP) is 2.93. The third kappa shape index (κ3) is 2.41. The van der Waals surface area contributed by atoms with E-state index in [1.807, 2.05) is 23.9 Å².